The fraction of sp³-hybridized carbons (Fsp3) is 0.500. The van der Waals surface area contributed by atoms with Crippen molar-refractivity contribution in [3.8, 4) is 0 Å². The Morgan fingerprint density at radius 1 is 1.18 bits per heavy atom. The third-order valence-electron chi connectivity index (χ3n) is 4.80. The lowest BCUT2D eigenvalue weighted by molar-refractivity contribution is 0.0971. The number of aromatic nitrogens is 1. The van der Waals surface area contributed by atoms with Gasteiger partial charge >= 0.3 is 0 Å². The van der Waals surface area contributed by atoms with Crippen LogP contribution in [-0.2, 0) is 27.7 Å². The Balaban J connectivity index is 1.66. The lowest BCUT2D eigenvalue weighted by Crippen LogP contribution is -2.43. The molecule has 1 fully saturated rings. The molecule has 2 aliphatic rings. The maximum absolute atomic E-state index is 12.9. The van der Waals surface area contributed by atoms with Crippen molar-refractivity contribution < 1.29 is 13.2 Å². The minimum absolute atomic E-state index is 0.284. The van der Waals surface area contributed by atoms with Crippen LogP contribution in [-0.4, -0.2) is 42.7 Å². The first kappa shape index (κ1) is 14.2. The summed E-state index contributed by atoms with van der Waals surface area (Å²) in [6.07, 6.45) is 1.98. The summed E-state index contributed by atoms with van der Waals surface area (Å²) >= 11 is 0. The lowest BCUT2D eigenvalue weighted by Gasteiger charge is -2.32. The molecule has 0 aliphatic carbocycles. The minimum Gasteiger partial charge on any atom is -0.381 e. The van der Waals surface area contributed by atoms with E-state index in [0.29, 0.717) is 39.1 Å². The van der Waals surface area contributed by atoms with Crippen molar-refractivity contribution in [2.45, 2.75) is 31.1 Å². The van der Waals surface area contributed by atoms with Crippen LogP contribution in [0.25, 0.3) is 10.9 Å². The molecule has 5 nitrogen and oxygen atoms in total. The first-order valence-corrected chi connectivity index (χ1v) is 9.32. The molecule has 1 aromatic carbocycles. The van der Waals surface area contributed by atoms with Gasteiger partial charge in [-0.05, 0) is 24.5 Å². The Bertz CT molecular complexity index is 791. The molecular formula is C16H20N2O3S. The number of H-pyrrole nitrogens is 1. The van der Waals surface area contributed by atoms with Crippen molar-refractivity contribution >= 4 is 20.9 Å². The number of nitrogens with zero attached hydrogens (tertiary/aromatic N) is 1. The highest BCUT2D eigenvalue weighted by Gasteiger charge is 2.35. The third-order valence-corrected chi connectivity index (χ3v) is 7.14. The Hall–Kier alpha value is -1.37. The summed E-state index contributed by atoms with van der Waals surface area (Å²) < 4.78 is 32.7. The Morgan fingerprint density at radius 2 is 1.95 bits per heavy atom. The van der Waals surface area contributed by atoms with Gasteiger partial charge < -0.3 is 9.72 Å². The standard InChI is InChI=1S/C16H20N2O3S/c19-22(20,12-6-9-21-10-7-12)18-8-5-16-14(11-18)13-3-1-2-4-15(13)17-16/h1-4,12,17H,5-11H2. The lowest BCUT2D eigenvalue weighted by atomic mass is 10.1. The van der Waals surface area contributed by atoms with Crippen LogP contribution in [0.4, 0.5) is 0 Å². The van der Waals surface area contributed by atoms with Crippen LogP contribution in [0.15, 0.2) is 24.3 Å². The first-order chi connectivity index (χ1) is 10.7. The summed E-state index contributed by atoms with van der Waals surface area (Å²) in [5.74, 6) is 0. The van der Waals surface area contributed by atoms with E-state index in [4.69, 9.17) is 4.74 Å². The number of hydrogen-bond donors (Lipinski definition) is 1. The second-order valence-electron chi connectivity index (χ2n) is 6.07. The van der Waals surface area contributed by atoms with Crippen molar-refractivity contribution in [1.82, 2.24) is 9.29 Å². The van der Waals surface area contributed by atoms with E-state index in [1.165, 1.54) is 5.69 Å². The van der Waals surface area contributed by atoms with E-state index in [1.807, 2.05) is 18.2 Å². The molecule has 2 aliphatic heterocycles. The topological polar surface area (TPSA) is 62.4 Å². The van der Waals surface area contributed by atoms with Crippen LogP contribution in [0.3, 0.4) is 0 Å². The minimum atomic E-state index is -3.23. The van der Waals surface area contributed by atoms with E-state index in [1.54, 1.807) is 4.31 Å². The molecule has 1 saturated heterocycles. The van der Waals surface area contributed by atoms with Crippen LogP contribution < -0.4 is 0 Å². The van der Waals surface area contributed by atoms with E-state index in [9.17, 15) is 8.42 Å². The zero-order valence-corrected chi connectivity index (χ0v) is 13.2. The molecule has 0 radical (unpaired) electrons. The van der Waals surface area contributed by atoms with Crippen LogP contribution in [0.1, 0.15) is 24.1 Å². The average molecular weight is 320 g/mol. The van der Waals surface area contributed by atoms with Gasteiger partial charge in [-0.25, -0.2) is 8.42 Å². The Labute approximate surface area is 130 Å². The molecule has 3 heterocycles. The predicted molar refractivity (Wildman–Crippen MR) is 85.2 cm³/mol. The summed E-state index contributed by atoms with van der Waals surface area (Å²) in [5.41, 5.74) is 3.41. The van der Waals surface area contributed by atoms with E-state index >= 15 is 0 Å². The molecule has 1 aromatic heterocycles. The number of fused-ring (bicyclic) bond motifs is 3. The van der Waals surface area contributed by atoms with E-state index < -0.39 is 10.0 Å². The van der Waals surface area contributed by atoms with Gasteiger partial charge in [0.15, 0.2) is 0 Å². The molecular weight excluding hydrogens is 300 g/mol. The van der Waals surface area contributed by atoms with Crippen molar-refractivity contribution in [2.75, 3.05) is 19.8 Å². The van der Waals surface area contributed by atoms with E-state index in [-0.39, 0.29) is 5.25 Å². The molecule has 118 valence electrons. The molecule has 0 atom stereocenters. The van der Waals surface area contributed by atoms with Crippen LogP contribution in [0.2, 0.25) is 0 Å². The second kappa shape index (κ2) is 5.37. The maximum Gasteiger partial charge on any atom is 0.217 e. The van der Waals surface area contributed by atoms with Crippen molar-refractivity contribution in [1.29, 1.82) is 0 Å². The molecule has 0 bridgehead atoms. The zero-order chi connectivity index (χ0) is 15.2. The van der Waals surface area contributed by atoms with Gasteiger partial charge in [0.05, 0.1) is 5.25 Å². The molecule has 0 unspecified atom stereocenters. The molecule has 1 N–H and O–H groups in total. The number of benzene rings is 1. The van der Waals surface area contributed by atoms with E-state index in [2.05, 4.69) is 11.1 Å². The van der Waals surface area contributed by atoms with Gasteiger partial charge in [-0.1, -0.05) is 18.2 Å². The SMILES string of the molecule is O=S(=O)(C1CCOCC1)N1CCc2[nH]c3ccccc3c2C1. The summed E-state index contributed by atoms with van der Waals surface area (Å²) in [7, 11) is -3.23. The Morgan fingerprint density at radius 3 is 2.77 bits per heavy atom. The van der Waals surface area contributed by atoms with Crippen LogP contribution in [0.5, 0.6) is 0 Å². The fourth-order valence-electron chi connectivity index (χ4n) is 3.54. The quantitative estimate of drug-likeness (QED) is 0.921. The third kappa shape index (κ3) is 2.26. The summed E-state index contributed by atoms with van der Waals surface area (Å²) in [6, 6.07) is 8.11. The predicted octanol–water partition coefficient (Wildman–Crippen LogP) is 2.03. The Kier molecular flexibility index (Phi) is 3.47. The molecule has 6 heteroatoms. The first-order valence-electron chi connectivity index (χ1n) is 7.81. The largest absolute Gasteiger partial charge is 0.381 e. The monoisotopic (exact) mass is 320 g/mol. The van der Waals surface area contributed by atoms with Gasteiger partial charge in [-0.15, -0.1) is 0 Å². The number of sulfonamides is 1. The van der Waals surface area contributed by atoms with Gasteiger partial charge in [0.25, 0.3) is 0 Å². The number of para-hydroxylation sites is 1. The summed E-state index contributed by atoms with van der Waals surface area (Å²) in [5, 5.41) is 0.859. The smallest absolute Gasteiger partial charge is 0.217 e. The highest BCUT2D eigenvalue weighted by molar-refractivity contribution is 7.89. The molecule has 2 aromatic rings. The van der Waals surface area contributed by atoms with Gasteiger partial charge in [0.2, 0.25) is 10.0 Å². The molecule has 0 amide bonds. The molecule has 0 saturated carbocycles. The van der Waals surface area contributed by atoms with Crippen LogP contribution in [0, 0.1) is 0 Å². The maximum atomic E-state index is 12.9. The summed E-state index contributed by atoms with van der Waals surface area (Å²) in [6.45, 7) is 2.16. The van der Waals surface area contributed by atoms with Gasteiger partial charge in [0.1, 0.15) is 0 Å². The van der Waals surface area contributed by atoms with E-state index in [0.717, 1.165) is 22.9 Å². The number of nitrogens with one attached hydrogen (secondary N) is 1. The average Bonchev–Trinajstić information content (AvgIpc) is 2.93. The normalized spacial score (nSPS) is 21.1. The van der Waals surface area contributed by atoms with Gasteiger partial charge in [-0.2, -0.15) is 4.31 Å². The van der Waals surface area contributed by atoms with Crippen molar-refractivity contribution in [3.63, 3.8) is 0 Å². The van der Waals surface area contributed by atoms with Crippen LogP contribution >= 0.6 is 0 Å². The highest BCUT2D eigenvalue weighted by atomic mass is 32.2. The molecule has 0 spiro atoms. The number of rotatable bonds is 2. The zero-order valence-electron chi connectivity index (χ0n) is 12.4. The number of ether oxygens (including phenoxy) is 1. The van der Waals surface area contributed by atoms with Gasteiger partial charge in [0, 0.05) is 49.3 Å². The highest BCUT2D eigenvalue weighted by Crippen LogP contribution is 2.30. The van der Waals surface area contributed by atoms with Gasteiger partial charge in [-0.3, -0.25) is 0 Å². The number of hydrogen-bond acceptors (Lipinski definition) is 3. The van der Waals surface area contributed by atoms with Crippen molar-refractivity contribution in [2.24, 2.45) is 0 Å². The fourth-order valence-corrected chi connectivity index (χ4v) is 5.41. The second-order valence-corrected chi connectivity index (χ2v) is 8.28. The number of aromatic amines is 1. The van der Waals surface area contributed by atoms with Crippen molar-refractivity contribution in [3.05, 3.63) is 35.5 Å². The molecule has 22 heavy (non-hydrogen) atoms. The molecule has 4 rings (SSSR count). The summed E-state index contributed by atoms with van der Waals surface area (Å²) in [4.78, 5) is 3.43.